The summed E-state index contributed by atoms with van der Waals surface area (Å²) < 4.78 is 22.9. The van der Waals surface area contributed by atoms with Crippen LogP contribution in [-0.4, -0.2) is 50.2 Å². The van der Waals surface area contributed by atoms with Crippen LogP contribution in [0.3, 0.4) is 0 Å². The number of benzene rings is 1. The Labute approximate surface area is 143 Å². The Kier molecular flexibility index (Phi) is 5.21. The first-order valence-electron chi connectivity index (χ1n) is 9.21. The fourth-order valence-electron chi connectivity index (χ4n) is 3.77. The van der Waals surface area contributed by atoms with Crippen molar-refractivity contribution in [1.82, 2.24) is 4.90 Å². The Morgan fingerprint density at radius 2 is 2.00 bits per heavy atom. The van der Waals surface area contributed by atoms with E-state index in [0.29, 0.717) is 19.0 Å². The summed E-state index contributed by atoms with van der Waals surface area (Å²) in [6, 6.07) is 6.15. The molecule has 0 aliphatic carbocycles. The van der Waals surface area contributed by atoms with Gasteiger partial charge in [0.25, 0.3) is 0 Å². The topological polar surface area (TPSA) is 40.2 Å². The van der Waals surface area contributed by atoms with Crippen molar-refractivity contribution >= 4 is 0 Å². The number of piperidine rings is 1. The molecule has 0 saturated carbocycles. The lowest BCUT2D eigenvalue weighted by Crippen LogP contribution is -2.38. The van der Waals surface area contributed by atoms with Gasteiger partial charge in [0.2, 0.25) is 6.79 Å². The molecular formula is C19H27NO4. The molecule has 1 unspecified atom stereocenters. The van der Waals surface area contributed by atoms with Gasteiger partial charge in [0.15, 0.2) is 11.5 Å². The van der Waals surface area contributed by atoms with Gasteiger partial charge in [0.1, 0.15) is 0 Å². The van der Waals surface area contributed by atoms with Gasteiger partial charge in [-0.25, -0.2) is 0 Å². The average molecular weight is 333 g/mol. The third-order valence-corrected chi connectivity index (χ3v) is 5.20. The van der Waals surface area contributed by atoms with Crippen molar-refractivity contribution in [3.63, 3.8) is 0 Å². The standard InChI is InChI=1S/C19H27NO4/c1-2-11-21-17(5-1)13-22-16-7-9-20(10-8-16)12-15-4-3-6-18-19(15)24-14-23-18/h3-4,6,16-17H,1-2,5,7-14H2. The number of hydrogen-bond acceptors (Lipinski definition) is 5. The highest BCUT2D eigenvalue weighted by Gasteiger charge is 2.24. The molecule has 5 heteroatoms. The average Bonchev–Trinajstić information content (AvgIpc) is 3.12. The van der Waals surface area contributed by atoms with Crippen LogP contribution in [0.5, 0.6) is 11.5 Å². The van der Waals surface area contributed by atoms with Crippen LogP contribution >= 0.6 is 0 Å². The zero-order chi connectivity index (χ0) is 16.2. The minimum atomic E-state index is 0.320. The number of fused-ring (bicyclic) bond motifs is 1. The van der Waals surface area contributed by atoms with Gasteiger partial charge in [-0.1, -0.05) is 12.1 Å². The van der Waals surface area contributed by atoms with Crippen molar-refractivity contribution in [2.24, 2.45) is 0 Å². The molecule has 2 saturated heterocycles. The second-order valence-corrected chi connectivity index (χ2v) is 6.95. The number of nitrogens with zero attached hydrogens (tertiary/aromatic N) is 1. The summed E-state index contributed by atoms with van der Waals surface area (Å²) in [6.45, 7) is 5.07. The lowest BCUT2D eigenvalue weighted by atomic mass is 10.1. The van der Waals surface area contributed by atoms with Gasteiger partial charge >= 0.3 is 0 Å². The van der Waals surface area contributed by atoms with Crippen LogP contribution in [0.4, 0.5) is 0 Å². The van der Waals surface area contributed by atoms with Crippen molar-refractivity contribution in [3.8, 4) is 11.5 Å². The third kappa shape index (κ3) is 3.85. The van der Waals surface area contributed by atoms with Crippen LogP contribution in [0.15, 0.2) is 18.2 Å². The monoisotopic (exact) mass is 333 g/mol. The van der Waals surface area contributed by atoms with E-state index in [1.165, 1.54) is 18.4 Å². The second kappa shape index (κ2) is 7.72. The number of para-hydroxylation sites is 1. The molecule has 0 amide bonds. The van der Waals surface area contributed by atoms with Crippen molar-refractivity contribution in [3.05, 3.63) is 23.8 Å². The largest absolute Gasteiger partial charge is 0.454 e. The summed E-state index contributed by atoms with van der Waals surface area (Å²) in [6.07, 6.45) is 6.53. The molecule has 3 aliphatic heterocycles. The lowest BCUT2D eigenvalue weighted by Gasteiger charge is -2.33. The Balaban J connectivity index is 1.22. The summed E-state index contributed by atoms with van der Waals surface area (Å²) in [5.74, 6) is 1.79. The Morgan fingerprint density at radius 3 is 2.83 bits per heavy atom. The lowest BCUT2D eigenvalue weighted by molar-refractivity contribution is -0.0753. The van der Waals surface area contributed by atoms with Crippen molar-refractivity contribution in [2.45, 2.75) is 50.9 Å². The van der Waals surface area contributed by atoms with E-state index in [9.17, 15) is 0 Å². The molecule has 0 N–H and O–H groups in total. The highest BCUT2D eigenvalue weighted by Crippen LogP contribution is 2.36. The molecule has 4 rings (SSSR count). The van der Waals surface area contributed by atoms with Crippen molar-refractivity contribution < 1.29 is 18.9 Å². The highest BCUT2D eigenvalue weighted by atomic mass is 16.7. The molecule has 3 heterocycles. The first-order chi connectivity index (χ1) is 11.9. The fraction of sp³-hybridized carbons (Fsp3) is 0.684. The van der Waals surface area contributed by atoms with Gasteiger partial charge < -0.3 is 18.9 Å². The van der Waals surface area contributed by atoms with Crippen molar-refractivity contribution in [2.75, 3.05) is 33.1 Å². The molecule has 0 bridgehead atoms. The van der Waals surface area contributed by atoms with Crippen LogP contribution in [0.1, 0.15) is 37.7 Å². The number of ether oxygens (including phenoxy) is 4. The number of likely N-dealkylation sites (tertiary alicyclic amines) is 1. The molecule has 132 valence electrons. The van der Waals surface area contributed by atoms with Crippen molar-refractivity contribution in [1.29, 1.82) is 0 Å². The van der Waals surface area contributed by atoms with E-state index in [1.807, 2.05) is 12.1 Å². The second-order valence-electron chi connectivity index (χ2n) is 6.95. The van der Waals surface area contributed by atoms with Gasteiger partial charge in [-0.15, -0.1) is 0 Å². The van der Waals surface area contributed by atoms with Crippen LogP contribution < -0.4 is 9.47 Å². The SMILES string of the molecule is c1cc(CN2CCC(OCC3CCCCO3)CC2)c2c(c1)OCO2. The first-order valence-corrected chi connectivity index (χ1v) is 9.21. The van der Waals surface area contributed by atoms with Crippen LogP contribution in [0, 0.1) is 0 Å². The number of rotatable bonds is 5. The van der Waals surface area contributed by atoms with E-state index in [-0.39, 0.29) is 0 Å². The minimum absolute atomic E-state index is 0.320. The maximum atomic E-state index is 6.10. The molecule has 3 aliphatic rings. The molecule has 24 heavy (non-hydrogen) atoms. The van der Waals surface area contributed by atoms with E-state index in [2.05, 4.69) is 11.0 Å². The predicted octanol–water partition coefficient (Wildman–Crippen LogP) is 2.97. The van der Waals surface area contributed by atoms with E-state index >= 15 is 0 Å². The summed E-state index contributed by atoms with van der Waals surface area (Å²) in [5.41, 5.74) is 1.22. The number of hydrogen-bond donors (Lipinski definition) is 0. The highest BCUT2D eigenvalue weighted by molar-refractivity contribution is 5.48. The maximum absolute atomic E-state index is 6.10. The minimum Gasteiger partial charge on any atom is -0.454 e. The van der Waals surface area contributed by atoms with E-state index < -0.39 is 0 Å². The Bertz CT molecular complexity index is 536. The Hall–Kier alpha value is -1.30. The smallest absolute Gasteiger partial charge is 0.231 e. The van der Waals surface area contributed by atoms with E-state index in [1.54, 1.807) is 0 Å². The normalized spacial score (nSPS) is 25.1. The maximum Gasteiger partial charge on any atom is 0.231 e. The molecule has 1 aromatic carbocycles. The van der Waals surface area contributed by atoms with Gasteiger partial charge in [-0.3, -0.25) is 4.90 Å². The van der Waals surface area contributed by atoms with Crippen LogP contribution in [0.2, 0.25) is 0 Å². The molecule has 1 atom stereocenters. The van der Waals surface area contributed by atoms with Gasteiger partial charge in [-0.2, -0.15) is 0 Å². The van der Waals surface area contributed by atoms with Gasteiger partial charge in [0, 0.05) is 31.8 Å². The predicted molar refractivity (Wildman–Crippen MR) is 90.4 cm³/mol. The molecule has 2 fully saturated rings. The molecular weight excluding hydrogens is 306 g/mol. The zero-order valence-electron chi connectivity index (χ0n) is 14.2. The van der Waals surface area contributed by atoms with Gasteiger partial charge in [-0.05, 0) is 38.2 Å². The van der Waals surface area contributed by atoms with Crippen LogP contribution in [0.25, 0.3) is 0 Å². The molecule has 0 radical (unpaired) electrons. The fourth-order valence-corrected chi connectivity index (χ4v) is 3.77. The Morgan fingerprint density at radius 1 is 1.08 bits per heavy atom. The zero-order valence-corrected chi connectivity index (χ0v) is 14.2. The molecule has 0 spiro atoms. The summed E-state index contributed by atoms with van der Waals surface area (Å²) >= 11 is 0. The summed E-state index contributed by atoms with van der Waals surface area (Å²) in [5, 5.41) is 0. The molecule has 0 aromatic heterocycles. The quantitative estimate of drug-likeness (QED) is 0.828. The third-order valence-electron chi connectivity index (χ3n) is 5.20. The first kappa shape index (κ1) is 16.2. The molecule has 5 nitrogen and oxygen atoms in total. The molecule has 1 aromatic rings. The van der Waals surface area contributed by atoms with Crippen LogP contribution in [-0.2, 0) is 16.0 Å². The summed E-state index contributed by atoms with van der Waals surface area (Å²) in [4.78, 5) is 2.48. The van der Waals surface area contributed by atoms with E-state index in [4.69, 9.17) is 18.9 Å². The van der Waals surface area contributed by atoms with Gasteiger partial charge in [0.05, 0.1) is 18.8 Å². The van der Waals surface area contributed by atoms with E-state index in [0.717, 1.165) is 63.6 Å². The summed E-state index contributed by atoms with van der Waals surface area (Å²) in [7, 11) is 0.